The van der Waals surface area contributed by atoms with Crippen LogP contribution < -0.4 is 16.0 Å². The number of hydrogen-bond donors (Lipinski definition) is 2. The van der Waals surface area contributed by atoms with Crippen molar-refractivity contribution in [2.24, 2.45) is 0 Å². The SMILES string of the molecule is Nc1nccc(Sc2ccc3nc(N4C[C@@H]5C[C@H]4CN5)cnc3n2)c1Cl. The predicted octanol–water partition coefficient (Wildman–Crippen LogP) is 2.36. The van der Waals surface area contributed by atoms with Crippen LogP contribution >= 0.6 is 23.4 Å². The average Bonchev–Trinajstić information content (AvgIpc) is 3.28. The molecule has 9 heteroatoms. The Bertz CT molecular complexity index is 998. The van der Waals surface area contributed by atoms with Crippen LogP contribution in [-0.2, 0) is 0 Å². The van der Waals surface area contributed by atoms with E-state index in [1.54, 1.807) is 6.20 Å². The van der Waals surface area contributed by atoms with Crippen LogP contribution in [0.15, 0.2) is 40.5 Å². The Balaban J connectivity index is 1.43. The highest BCUT2D eigenvalue weighted by molar-refractivity contribution is 7.99. The van der Waals surface area contributed by atoms with Crippen molar-refractivity contribution in [2.45, 2.75) is 28.4 Å². The minimum absolute atomic E-state index is 0.316. The molecule has 2 aliphatic rings. The van der Waals surface area contributed by atoms with Crippen molar-refractivity contribution in [1.82, 2.24) is 25.3 Å². The van der Waals surface area contributed by atoms with Gasteiger partial charge in [-0.25, -0.2) is 19.9 Å². The van der Waals surface area contributed by atoms with E-state index in [2.05, 4.69) is 25.2 Å². The molecule has 2 atom stereocenters. The van der Waals surface area contributed by atoms with E-state index >= 15 is 0 Å². The van der Waals surface area contributed by atoms with Crippen molar-refractivity contribution in [2.75, 3.05) is 23.7 Å². The molecular weight excluding hydrogens is 370 g/mol. The van der Waals surface area contributed by atoms with Crippen LogP contribution in [0.25, 0.3) is 11.2 Å². The summed E-state index contributed by atoms with van der Waals surface area (Å²) in [5, 5.41) is 4.73. The fourth-order valence-electron chi connectivity index (χ4n) is 3.55. The van der Waals surface area contributed by atoms with Gasteiger partial charge in [-0.05, 0) is 24.6 Å². The third-order valence-corrected chi connectivity index (χ3v) is 6.32. The van der Waals surface area contributed by atoms with Gasteiger partial charge in [0.25, 0.3) is 0 Å². The highest BCUT2D eigenvalue weighted by atomic mass is 35.5. The molecule has 0 radical (unpaired) electrons. The summed E-state index contributed by atoms with van der Waals surface area (Å²) in [6.07, 6.45) is 4.64. The van der Waals surface area contributed by atoms with Crippen molar-refractivity contribution >= 4 is 46.2 Å². The smallest absolute Gasteiger partial charge is 0.179 e. The molecule has 3 aromatic heterocycles. The summed E-state index contributed by atoms with van der Waals surface area (Å²) in [6, 6.07) is 6.80. The van der Waals surface area contributed by atoms with E-state index in [1.807, 2.05) is 24.4 Å². The maximum atomic E-state index is 6.21. The molecule has 0 unspecified atom stereocenters. The number of pyridine rings is 2. The fraction of sp³-hybridized carbons (Fsp3) is 0.294. The van der Waals surface area contributed by atoms with Crippen LogP contribution in [0.4, 0.5) is 11.6 Å². The van der Waals surface area contributed by atoms with Crippen molar-refractivity contribution in [3.63, 3.8) is 0 Å². The number of nitrogen functional groups attached to an aromatic ring is 1. The Morgan fingerprint density at radius 3 is 2.96 bits per heavy atom. The number of nitrogens with one attached hydrogen (secondary N) is 1. The molecule has 0 aromatic carbocycles. The maximum Gasteiger partial charge on any atom is 0.179 e. The number of hydrogen-bond acceptors (Lipinski definition) is 8. The molecule has 2 aliphatic heterocycles. The lowest BCUT2D eigenvalue weighted by molar-refractivity contribution is 0.576. The zero-order chi connectivity index (χ0) is 17.7. The number of rotatable bonds is 3. The molecule has 2 fully saturated rings. The topological polar surface area (TPSA) is 92.8 Å². The Morgan fingerprint density at radius 1 is 1.23 bits per heavy atom. The van der Waals surface area contributed by atoms with Gasteiger partial charge in [0, 0.05) is 36.3 Å². The Hall–Kier alpha value is -2.16. The molecule has 3 aromatic rings. The third-order valence-electron chi connectivity index (χ3n) is 4.81. The monoisotopic (exact) mass is 385 g/mol. The number of nitrogens with zero attached hydrogens (tertiary/aromatic N) is 5. The van der Waals surface area contributed by atoms with Gasteiger partial charge in [0.15, 0.2) is 5.65 Å². The first-order valence-corrected chi connectivity index (χ1v) is 9.58. The van der Waals surface area contributed by atoms with Gasteiger partial charge in [0.1, 0.15) is 22.2 Å². The standard InChI is InChI=1S/C17H16ClN7S/c18-15-12(3-4-20-16(15)19)26-14-2-1-11-17(24-14)22-7-13(23-11)25-8-9-5-10(25)6-21-9/h1-4,7,9-10,21H,5-6,8H2,(H2,19,20)/t9-,10-/m0/s1. The number of fused-ring (bicyclic) bond motifs is 3. The normalized spacial score (nSPS) is 21.7. The number of piperazine rings is 1. The summed E-state index contributed by atoms with van der Waals surface area (Å²) in [4.78, 5) is 21.0. The molecule has 26 heavy (non-hydrogen) atoms. The lowest BCUT2D eigenvalue weighted by atomic mass is 10.2. The van der Waals surface area contributed by atoms with Gasteiger partial charge in [-0.1, -0.05) is 23.4 Å². The number of aromatic nitrogens is 4. The van der Waals surface area contributed by atoms with Crippen LogP contribution in [0.2, 0.25) is 5.02 Å². The largest absolute Gasteiger partial charge is 0.382 e. The lowest BCUT2D eigenvalue weighted by Crippen LogP contribution is -2.44. The van der Waals surface area contributed by atoms with Gasteiger partial charge in [0.05, 0.1) is 11.2 Å². The van der Waals surface area contributed by atoms with Crippen LogP contribution in [0.5, 0.6) is 0 Å². The molecule has 2 saturated heterocycles. The van der Waals surface area contributed by atoms with Crippen molar-refractivity contribution in [1.29, 1.82) is 0 Å². The zero-order valence-corrected chi connectivity index (χ0v) is 15.3. The second-order valence-corrected chi connectivity index (χ2v) is 7.92. The van der Waals surface area contributed by atoms with Gasteiger partial charge >= 0.3 is 0 Å². The van der Waals surface area contributed by atoms with Crippen molar-refractivity contribution in [3.8, 4) is 0 Å². The molecule has 0 spiro atoms. The fourth-order valence-corrected chi connectivity index (χ4v) is 4.59. The van der Waals surface area contributed by atoms with E-state index in [9.17, 15) is 0 Å². The van der Waals surface area contributed by atoms with Gasteiger partial charge in [0.2, 0.25) is 0 Å². The molecule has 5 rings (SSSR count). The van der Waals surface area contributed by atoms with Crippen LogP contribution in [-0.4, -0.2) is 45.1 Å². The first kappa shape index (κ1) is 16.0. The van der Waals surface area contributed by atoms with E-state index < -0.39 is 0 Å². The minimum Gasteiger partial charge on any atom is -0.382 e. The van der Waals surface area contributed by atoms with E-state index in [0.29, 0.717) is 28.6 Å². The summed E-state index contributed by atoms with van der Waals surface area (Å²) in [5.41, 5.74) is 7.18. The average molecular weight is 386 g/mol. The van der Waals surface area contributed by atoms with Crippen molar-refractivity contribution < 1.29 is 0 Å². The first-order chi connectivity index (χ1) is 12.7. The van der Waals surface area contributed by atoms with E-state index in [4.69, 9.17) is 22.3 Å². The zero-order valence-electron chi connectivity index (χ0n) is 13.8. The van der Waals surface area contributed by atoms with E-state index in [-0.39, 0.29) is 0 Å². The molecule has 7 nitrogen and oxygen atoms in total. The lowest BCUT2D eigenvalue weighted by Gasteiger charge is -2.28. The summed E-state index contributed by atoms with van der Waals surface area (Å²) in [7, 11) is 0. The highest BCUT2D eigenvalue weighted by Gasteiger charge is 2.38. The molecule has 5 heterocycles. The van der Waals surface area contributed by atoms with Gasteiger partial charge in [-0.2, -0.15) is 0 Å². The van der Waals surface area contributed by atoms with Gasteiger partial charge in [-0.15, -0.1) is 0 Å². The summed E-state index contributed by atoms with van der Waals surface area (Å²) >= 11 is 7.64. The van der Waals surface area contributed by atoms with Crippen LogP contribution in [0.3, 0.4) is 0 Å². The number of nitrogens with two attached hydrogens (primary N) is 1. The van der Waals surface area contributed by atoms with Crippen LogP contribution in [0, 0.1) is 0 Å². The van der Waals surface area contributed by atoms with Crippen molar-refractivity contribution in [3.05, 3.63) is 35.6 Å². The molecule has 3 N–H and O–H groups in total. The van der Waals surface area contributed by atoms with Gasteiger partial charge < -0.3 is 16.0 Å². The summed E-state index contributed by atoms with van der Waals surface area (Å²) in [5.74, 6) is 1.25. The number of anilines is 2. The van der Waals surface area contributed by atoms with E-state index in [0.717, 1.165) is 34.3 Å². The highest BCUT2D eigenvalue weighted by Crippen LogP contribution is 2.35. The molecule has 0 saturated carbocycles. The predicted molar refractivity (Wildman–Crippen MR) is 103 cm³/mol. The summed E-state index contributed by atoms with van der Waals surface area (Å²) < 4.78 is 0. The first-order valence-electron chi connectivity index (χ1n) is 8.39. The Labute approximate surface area is 159 Å². The second kappa shape index (κ2) is 6.22. The van der Waals surface area contributed by atoms with Gasteiger partial charge in [-0.3, -0.25) is 0 Å². The molecule has 0 amide bonds. The molecule has 0 aliphatic carbocycles. The number of halogens is 1. The molecule has 132 valence electrons. The minimum atomic E-state index is 0.316. The third kappa shape index (κ3) is 2.74. The Kier molecular flexibility index (Phi) is 3.84. The molecular formula is C17H16ClN7S. The molecule has 2 bridgehead atoms. The summed E-state index contributed by atoms with van der Waals surface area (Å²) in [6.45, 7) is 2.02. The quantitative estimate of drug-likeness (QED) is 0.709. The van der Waals surface area contributed by atoms with Crippen LogP contribution in [0.1, 0.15) is 6.42 Å². The Morgan fingerprint density at radius 2 is 2.15 bits per heavy atom. The maximum absolute atomic E-state index is 6.21. The second-order valence-electron chi connectivity index (χ2n) is 6.48. The van der Waals surface area contributed by atoms with E-state index in [1.165, 1.54) is 18.2 Å².